The normalized spacial score (nSPS) is 11.2. The molecule has 5 heteroatoms. The summed E-state index contributed by atoms with van der Waals surface area (Å²) in [6.07, 6.45) is 2.79. The second kappa shape index (κ2) is 3.74. The SMILES string of the molecule is CCS(=O)(=O)c1cncc(OC)c1. The molecule has 0 atom stereocenters. The Labute approximate surface area is 77.5 Å². The van der Waals surface area contributed by atoms with Gasteiger partial charge in [-0.2, -0.15) is 0 Å². The van der Waals surface area contributed by atoms with E-state index >= 15 is 0 Å². The zero-order chi connectivity index (χ0) is 9.90. The highest BCUT2D eigenvalue weighted by atomic mass is 32.2. The van der Waals surface area contributed by atoms with Crippen molar-refractivity contribution in [1.82, 2.24) is 4.98 Å². The summed E-state index contributed by atoms with van der Waals surface area (Å²) in [5.74, 6) is 0.525. The second-order valence-electron chi connectivity index (χ2n) is 2.46. The van der Waals surface area contributed by atoms with Crippen LogP contribution in [0, 0.1) is 0 Å². The van der Waals surface area contributed by atoms with Gasteiger partial charge >= 0.3 is 0 Å². The summed E-state index contributed by atoms with van der Waals surface area (Å²) in [6, 6.07) is 1.46. The van der Waals surface area contributed by atoms with Crippen LogP contribution in [0.15, 0.2) is 23.4 Å². The van der Waals surface area contributed by atoms with Gasteiger partial charge in [-0.3, -0.25) is 4.98 Å². The molecule has 0 aliphatic carbocycles. The van der Waals surface area contributed by atoms with E-state index in [2.05, 4.69) is 4.98 Å². The summed E-state index contributed by atoms with van der Waals surface area (Å²) in [7, 11) is -1.70. The van der Waals surface area contributed by atoms with Crippen molar-refractivity contribution >= 4 is 9.84 Å². The van der Waals surface area contributed by atoms with Crippen molar-refractivity contribution in [3.8, 4) is 5.75 Å². The summed E-state index contributed by atoms with van der Waals surface area (Å²) in [5.41, 5.74) is 0. The smallest absolute Gasteiger partial charge is 0.179 e. The topological polar surface area (TPSA) is 56.3 Å². The molecule has 0 amide bonds. The van der Waals surface area contributed by atoms with Crippen LogP contribution in [0.4, 0.5) is 0 Å². The van der Waals surface area contributed by atoms with Crippen LogP contribution >= 0.6 is 0 Å². The number of ether oxygens (including phenoxy) is 1. The molecule has 1 aromatic rings. The van der Waals surface area contributed by atoms with Crippen molar-refractivity contribution in [2.24, 2.45) is 0 Å². The molecule has 1 rings (SSSR count). The molecule has 0 spiro atoms. The van der Waals surface area contributed by atoms with E-state index in [9.17, 15) is 8.42 Å². The molecule has 0 bridgehead atoms. The third-order valence-corrected chi connectivity index (χ3v) is 3.36. The molecule has 1 aromatic heterocycles. The number of nitrogens with zero attached hydrogens (tertiary/aromatic N) is 1. The third kappa shape index (κ3) is 2.18. The molecule has 4 nitrogen and oxygen atoms in total. The summed E-state index contributed by atoms with van der Waals surface area (Å²) >= 11 is 0. The number of hydrogen-bond acceptors (Lipinski definition) is 4. The lowest BCUT2D eigenvalue weighted by molar-refractivity contribution is 0.411. The first kappa shape index (κ1) is 9.98. The van der Waals surface area contributed by atoms with E-state index in [0.29, 0.717) is 5.75 Å². The number of methoxy groups -OCH3 is 1. The zero-order valence-electron chi connectivity index (χ0n) is 7.52. The van der Waals surface area contributed by atoms with E-state index in [0.717, 1.165) is 0 Å². The highest BCUT2D eigenvalue weighted by molar-refractivity contribution is 7.91. The quantitative estimate of drug-likeness (QED) is 0.728. The van der Waals surface area contributed by atoms with Crippen molar-refractivity contribution in [2.75, 3.05) is 12.9 Å². The van der Waals surface area contributed by atoms with Crippen molar-refractivity contribution in [1.29, 1.82) is 0 Å². The summed E-state index contributed by atoms with van der Waals surface area (Å²) in [6.45, 7) is 1.59. The fraction of sp³-hybridized carbons (Fsp3) is 0.375. The van der Waals surface area contributed by atoms with E-state index in [1.807, 2.05) is 0 Å². The maximum absolute atomic E-state index is 11.4. The van der Waals surface area contributed by atoms with Gasteiger partial charge in [0, 0.05) is 12.3 Å². The molecule has 0 aliphatic rings. The Bertz CT molecular complexity index is 386. The van der Waals surface area contributed by atoms with E-state index in [4.69, 9.17) is 4.74 Å². The number of hydrogen-bond donors (Lipinski definition) is 0. The first-order valence-corrected chi connectivity index (χ1v) is 5.47. The fourth-order valence-electron chi connectivity index (χ4n) is 0.847. The lowest BCUT2D eigenvalue weighted by atomic mass is 10.5. The Morgan fingerprint density at radius 3 is 2.69 bits per heavy atom. The van der Waals surface area contributed by atoms with Crippen molar-refractivity contribution in [3.63, 3.8) is 0 Å². The average Bonchev–Trinajstić information content (AvgIpc) is 2.18. The molecule has 0 N–H and O–H groups in total. The fourth-order valence-corrected chi connectivity index (χ4v) is 1.70. The van der Waals surface area contributed by atoms with Gasteiger partial charge < -0.3 is 4.74 Å². The molecule has 0 fully saturated rings. The van der Waals surface area contributed by atoms with Gasteiger partial charge in [0.25, 0.3) is 0 Å². The third-order valence-electron chi connectivity index (χ3n) is 1.66. The van der Waals surface area contributed by atoms with Crippen LogP contribution in [0.5, 0.6) is 5.75 Å². The van der Waals surface area contributed by atoms with Crippen LogP contribution in [0.2, 0.25) is 0 Å². The van der Waals surface area contributed by atoms with Gasteiger partial charge in [-0.15, -0.1) is 0 Å². The minimum atomic E-state index is -3.17. The molecular formula is C8H11NO3S. The van der Waals surface area contributed by atoms with Crippen LogP contribution in [-0.2, 0) is 9.84 Å². The molecule has 0 aromatic carbocycles. The predicted molar refractivity (Wildman–Crippen MR) is 48.5 cm³/mol. The Balaban J connectivity index is 3.17. The Kier molecular flexibility index (Phi) is 2.87. The molecule has 0 radical (unpaired) electrons. The molecule has 13 heavy (non-hydrogen) atoms. The summed E-state index contributed by atoms with van der Waals surface area (Å²) in [5, 5.41) is 0. The first-order valence-electron chi connectivity index (χ1n) is 3.82. The van der Waals surface area contributed by atoms with Crippen LogP contribution in [0.3, 0.4) is 0 Å². The van der Waals surface area contributed by atoms with Gasteiger partial charge in [-0.25, -0.2) is 8.42 Å². The maximum atomic E-state index is 11.4. The highest BCUT2D eigenvalue weighted by Gasteiger charge is 2.12. The second-order valence-corrected chi connectivity index (χ2v) is 4.74. The van der Waals surface area contributed by atoms with Crippen LogP contribution < -0.4 is 4.74 Å². The molecule has 0 aliphatic heterocycles. The number of pyridine rings is 1. The van der Waals surface area contributed by atoms with E-state index < -0.39 is 9.84 Å². The lowest BCUT2D eigenvalue weighted by Gasteiger charge is -2.02. The van der Waals surface area contributed by atoms with Gasteiger partial charge in [0.15, 0.2) is 9.84 Å². The standard InChI is InChI=1S/C8H11NO3S/c1-3-13(10,11)8-4-7(12-2)5-9-6-8/h4-6H,3H2,1-2H3. The Hall–Kier alpha value is -1.10. The lowest BCUT2D eigenvalue weighted by Crippen LogP contribution is -2.04. The Morgan fingerprint density at radius 2 is 2.15 bits per heavy atom. The summed E-state index contributed by atoms with van der Waals surface area (Å²) < 4.78 is 27.6. The first-order chi connectivity index (χ1) is 6.10. The number of aromatic nitrogens is 1. The predicted octanol–water partition coefficient (Wildman–Crippen LogP) is 0.884. The minimum Gasteiger partial charge on any atom is -0.495 e. The van der Waals surface area contributed by atoms with Crippen LogP contribution in [0.25, 0.3) is 0 Å². The molecule has 0 saturated carbocycles. The van der Waals surface area contributed by atoms with Crippen molar-refractivity contribution in [2.45, 2.75) is 11.8 Å². The van der Waals surface area contributed by atoms with E-state index in [-0.39, 0.29) is 10.6 Å². The Morgan fingerprint density at radius 1 is 1.46 bits per heavy atom. The van der Waals surface area contributed by atoms with Crippen molar-refractivity contribution in [3.05, 3.63) is 18.5 Å². The number of rotatable bonds is 3. The van der Waals surface area contributed by atoms with Crippen molar-refractivity contribution < 1.29 is 13.2 Å². The highest BCUT2D eigenvalue weighted by Crippen LogP contribution is 2.15. The van der Waals surface area contributed by atoms with Gasteiger partial charge in [-0.05, 0) is 0 Å². The molecular weight excluding hydrogens is 190 g/mol. The van der Waals surface area contributed by atoms with Gasteiger partial charge in [0.1, 0.15) is 5.75 Å². The minimum absolute atomic E-state index is 0.0713. The largest absolute Gasteiger partial charge is 0.495 e. The average molecular weight is 201 g/mol. The van der Waals surface area contributed by atoms with Gasteiger partial charge in [-0.1, -0.05) is 6.92 Å². The zero-order valence-corrected chi connectivity index (χ0v) is 8.34. The molecule has 1 heterocycles. The number of sulfone groups is 1. The molecule has 72 valence electrons. The van der Waals surface area contributed by atoms with Gasteiger partial charge in [0.2, 0.25) is 0 Å². The molecule has 0 saturated heterocycles. The molecule has 0 unspecified atom stereocenters. The van der Waals surface area contributed by atoms with E-state index in [1.54, 1.807) is 6.92 Å². The van der Waals surface area contributed by atoms with Crippen LogP contribution in [-0.4, -0.2) is 26.3 Å². The monoisotopic (exact) mass is 201 g/mol. The van der Waals surface area contributed by atoms with Crippen LogP contribution in [0.1, 0.15) is 6.92 Å². The van der Waals surface area contributed by atoms with Gasteiger partial charge in [0.05, 0.1) is 24.0 Å². The van der Waals surface area contributed by atoms with E-state index in [1.165, 1.54) is 25.6 Å². The summed E-state index contributed by atoms with van der Waals surface area (Å²) in [4.78, 5) is 3.97. The maximum Gasteiger partial charge on any atom is 0.179 e.